The smallest absolute Gasteiger partial charge is 0.243 e. The van der Waals surface area contributed by atoms with Gasteiger partial charge in [-0.1, -0.05) is 13.8 Å². The molecule has 1 heterocycles. The molecule has 0 spiro atoms. The van der Waals surface area contributed by atoms with Crippen LogP contribution in [-0.4, -0.2) is 56.8 Å². The van der Waals surface area contributed by atoms with Gasteiger partial charge in [0, 0.05) is 32.1 Å². The molecule has 2 rings (SSSR count). The van der Waals surface area contributed by atoms with E-state index in [1.54, 1.807) is 37.1 Å². The molecule has 128 valence electrons. The largest absolute Gasteiger partial charge is 0.497 e. The highest BCUT2D eigenvalue weighted by Gasteiger charge is 2.31. The molecule has 1 aromatic carbocycles. The van der Waals surface area contributed by atoms with Crippen molar-refractivity contribution >= 4 is 15.9 Å². The molecule has 1 fully saturated rings. The topological polar surface area (TPSA) is 66.9 Å². The van der Waals surface area contributed by atoms with Gasteiger partial charge in [-0.05, 0) is 30.7 Å². The SMILES string of the molecule is COc1ccc(S(=O)(=O)N2CCN(C(=O)C(C)C)CC2)c(C)c1. The zero-order chi connectivity index (χ0) is 17.2. The molecule has 1 aliphatic heterocycles. The van der Waals surface area contributed by atoms with Crippen LogP contribution in [-0.2, 0) is 14.8 Å². The highest BCUT2D eigenvalue weighted by Crippen LogP contribution is 2.25. The summed E-state index contributed by atoms with van der Waals surface area (Å²) in [6.07, 6.45) is 0. The predicted molar refractivity (Wildman–Crippen MR) is 87.9 cm³/mol. The number of carbonyl (C=O) groups is 1. The van der Waals surface area contributed by atoms with Crippen molar-refractivity contribution in [2.45, 2.75) is 25.7 Å². The van der Waals surface area contributed by atoms with E-state index in [9.17, 15) is 13.2 Å². The minimum atomic E-state index is -3.55. The molecule has 0 saturated carbocycles. The molecule has 7 heteroatoms. The minimum absolute atomic E-state index is 0.0676. The maximum absolute atomic E-state index is 12.8. The van der Waals surface area contributed by atoms with Crippen LogP contribution in [0.3, 0.4) is 0 Å². The number of benzene rings is 1. The number of hydrogen-bond acceptors (Lipinski definition) is 4. The van der Waals surface area contributed by atoms with Gasteiger partial charge >= 0.3 is 0 Å². The van der Waals surface area contributed by atoms with Crippen LogP contribution >= 0.6 is 0 Å². The van der Waals surface area contributed by atoms with Crippen molar-refractivity contribution in [3.05, 3.63) is 23.8 Å². The Kier molecular flexibility index (Phi) is 5.31. The first-order chi connectivity index (χ1) is 10.8. The fourth-order valence-electron chi connectivity index (χ4n) is 2.69. The van der Waals surface area contributed by atoms with E-state index in [2.05, 4.69) is 0 Å². The first kappa shape index (κ1) is 17.7. The highest BCUT2D eigenvalue weighted by molar-refractivity contribution is 7.89. The van der Waals surface area contributed by atoms with E-state index in [1.807, 2.05) is 13.8 Å². The highest BCUT2D eigenvalue weighted by atomic mass is 32.2. The molecule has 0 unspecified atom stereocenters. The average molecular weight is 340 g/mol. The lowest BCUT2D eigenvalue weighted by Gasteiger charge is -2.35. The number of aryl methyl sites for hydroxylation is 1. The van der Waals surface area contributed by atoms with Gasteiger partial charge in [-0.25, -0.2) is 8.42 Å². The third-order valence-electron chi connectivity index (χ3n) is 4.04. The first-order valence-corrected chi connectivity index (χ1v) is 9.15. The van der Waals surface area contributed by atoms with Crippen LogP contribution in [0, 0.1) is 12.8 Å². The standard InChI is InChI=1S/C16H24N2O4S/c1-12(2)16(19)17-7-9-18(10-8-17)23(20,21)15-6-5-14(22-4)11-13(15)3/h5-6,11-12H,7-10H2,1-4H3. The van der Waals surface area contributed by atoms with Crippen molar-refractivity contribution in [3.8, 4) is 5.75 Å². The van der Waals surface area contributed by atoms with Crippen molar-refractivity contribution in [1.82, 2.24) is 9.21 Å². The molecular formula is C16H24N2O4S. The molecule has 0 N–H and O–H groups in total. The number of sulfonamides is 1. The molecular weight excluding hydrogens is 316 g/mol. The number of piperazine rings is 1. The molecule has 0 radical (unpaired) electrons. The normalized spacial score (nSPS) is 16.7. The lowest BCUT2D eigenvalue weighted by atomic mass is 10.2. The maximum Gasteiger partial charge on any atom is 0.243 e. The molecule has 0 aliphatic carbocycles. The molecule has 23 heavy (non-hydrogen) atoms. The third kappa shape index (κ3) is 3.67. The van der Waals surface area contributed by atoms with Gasteiger partial charge < -0.3 is 9.64 Å². The second kappa shape index (κ2) is 6.88. The number of hydrogen-bond donors (Lipinski definition) is 0. The summed E-state index contributed by atoms with van der Waals surface area (Å²) in [6, 6.07) is 4.94. The van der Waals surface area contributed by atoms with Crippen molar-refractivity contribution in [2.24, 2.45) is 5.92 Å². The summed E-state index contributed by atoms with van der Waals surface area (Å²) in [7, 11) is -2.00. The number of nitrogens with zero attached hydrogens (tertiary/aromatic N) is 2. The van der Waals surface area contributed by atoms with E-state index in [-0.39, 0.29) is 11.8 Å². The van der Waals surface area contributed by atoms with Crippen molar-refractivity contribution in [2.75, 3.05) is 33.3 Å². The van der Waals surface area contributed by atoms with Crippen LogP contribution in [0.15, 0.2) is 23.1 Å². The molecule has 1 aliphatic rings. The first-order valence-electron chi connectivity index (χ1n) is 7.71. The lowest BCUT2D eigenvalue weighted by molar-refractivity contribution is -0.135. The Hall–Kier alpha value is -1.60. The molecule has 1 amide bonds. The Morgan fingerprint density at radius 3 is 2.26 bits per heavy atom. The van der Waals surface area contributed by atoms with E-state index >= 15 is 0 Å². The Labute approximate surface area is 138 Å². The fourth-order valence-corrected chi connectivity index (χ4v) is 4.32. The van der Waals surface area contributed by atoms with Gasteiger partial charge in [0.15, 0.2) is 0 Å². The second-order valence-electron chi connectivity index (χ2n) is 6.02. The Morgan fingerprint density at radius 2 is 1.78 bits per heavy atom. The van der Waals surface area contributed by atoms with Gasteiger partial charge in [0.25, 0.3) is 0 Å². The van der Waals surface area contributed by atoms with Gasteiger partial charge in [-0.2, -0.15) is 4.31 Å². The van der Waals surface area contributed by atoms with E-state index in [0.29, 0.717) is 42.4 Å². The molecule has 0 atom stereocenters. The van der Waals surface area contributed by atoms with Crippen LogP contribution in [0.2, 0.25) is 0 Å². The summed E-state index contributed by atoms with van der Waals surface area (Å²) in [5, 5.41) is 0. The summed E-state index contributed by atoms with van der Waals surface area (Å²) in [4.78, 5) is 14.0. The van der Waals surface area contributed by atoms with Crippen LogP contribution in [0.5, 0.6) is 5.75 Å². The zero-order valence-corrected chi connectivity index (χ0v) is 14.9. The Balaban J connectivity index is 2.15. The lowest BCUT2D eigenvalue weighted by Crippen LogP contribution is -2.51. The summed E-state index contributed by atoms with van der Waals surface area (Å²) in [5.74, 6) is 0.637. The van der Waals surface area contributed by atoms with Crippen LogP contribution in [0.1, 0.15) is 19.4 Å². The van der Waals surface area contributed by atoms with Crippen LogP contribution in [0.4, 0.5) is 0 Å². The van der Waals surface area contributed by atoms with E-state index in [0.717, 1.165) is 0 Å². The quantitative estimate of drug-likeness (QED) is 0.833. The van der Waals surface area contributed by atoms with E-state index in [1.165, 1.54) is 4.31 Å². The number of amides is 1. The Bertz CT molecular complexity index is 677. The third-order valence-corrected chi connectivity index (χ3v) is 6.10. The molecule has 6 nitrogen and oxygen atoms in total. The minimum Gasteiger partial charge on any atom is -0.497 e. The summed E-state index contributed by atoms with van der Waals surface area (Å²) >= 11 is 0. The number of rotatable bonds is 4. The van der Waals surface area contributed by atoms with E-state index < -0.39 is 10.0 Å². The molecule has 1 aromatic rings. The summed E-state index contributed by atoms with van der Waals surface area (Å²) in [5.41, 5.74) is 0.657. The van der Waals surface area contributed by atoms with Gasteiger partial charge in [-0.3, -0.25) is 4.79 Å². The van der Waals surface area contributed by atoms with Crippen LogP contribution in [0.25, 0.3) is 0 Å². The number of methoxy groups -OCH3 is 1. The van der Waals surface area contributed by atoms with Crippen LogP contribution < -0.4 is 4.74 Å². The fraction of sp³-hybridized carbons (Fsp3) is 0.562. The maximum atomic E-state index is 12.8. The van der Waals surface area contributed by atoms with Crippen molar-refractivity contribution in [1.29, 1.82) is 0 Å². The summed E-state index contributed by atoms with van der Waals surface area (Å²) in [6.45, 7) is 6.99. The number of ether oxygens (including phenoxy) is 1. The molecule has 0 aromatic heterocycles. The molecule has 0 bridgehead atoms. The molecule has 1 saturated heterocycles. The van der Waals surface area contributed by atoms with Gasteiger partial charge in [0.2, 0.25) is 15.9 Å². The van der Waals surface area contributed by atoms with Gasteiger partial charge in [0.1, 0.15) is 5.75 Å². The monoisotopic (exact) mass is 340 g/mol. The van der Waals surface area contributed by atoms with E-state index in [4.69, 9.17) is 4.74 Å². The predicted octanol–water partition coefficient (Wildman–Crippen LogP) is 1.49. The summed E-state index contributed by atoms with van der Waals surface area (Å²) < 4.78 is 32.2. The van der Waals surface area contributed by atoms with Crippen molar-refractivity contribution < 1.29 is 17.9 Å². The van der Waals surface area contributed by atoms with Gasteiger partial charge in [-0.15, -0.1) is 0 Å². The van der Waals surface area contributed by atoms with Crippen molar-refractivity contribution in [3.63, 3.8) is 0 Å². The Morgan fingerprint density at radius 1 is 1.17 bits per heavy atom. The second-order valence-corrected chi connectivity index (χ2v) is 7.92. The van der Waals surface area contributed by atoms with Gasteiger partial charge in [0.05, 0.1) is 12.0 Å². The number of carbonyl (C=O) groups excluding carboxylic acids is 1. The zero-order valence-electron chi connectivity index (χ0n) is 14.1. The average Bonchev–Trinajstić information content (AvgIpc) is 2.53.